The zero-order chi connectivity index (χ0) is 26.3. The van der Waals surface area contributed by atoms with E-state index in [9.17, 15) is 36.6 Å². The summed E-state index contributed by atoms with van der Waals surface area (Å²) in [5.41, 5.74) is -1.15. The van der Waals surface area contributed by atoms with Gasteiger partial charge in [0.15, 0.2) is 29.1 Å². The number of aromatic hydroxyl groups is 1. The van der Waals surface area contributed by atoms with Gasteiger partial charge < -0.3 is 15.2 Å². The number of para-hydroxylation sites is 1. The van der Waals surface area contributed by atoms with Crippen molar-refractivity contribution in [1.29, 1.82) is 0 Å². The van der Waals surface area contributed by atoms with E-state index >= 15 is 0 Å². The average Bonchev–Trinajstić information content (AvgIpc) is 2.85. The van der Waals surface area contributed by atoms with Crippen molar-refractivity contribution in [3.8, 4) is 5.75 Å². The summed E-state index contributed by atoms with van der Waals surface area (Å²) in [5.74, 6) is -14.5. The second-order valence-corrected chi connectivity index (χ2v) is 8.48. The molecule has 2 aliphatic rings. The minimum Gasteiger partial charge on any atom is -0.508 e. The largest absolute Gasteiger partial charge is 0.508 e. The van der Waals surface area contributed by atoms with E-state index in [2.05, 4.69) is 5.32 Å². The third-order valence-electron chi connectivity index (χ3n) is 6.32. The number of allylic oxidation sites excluding steroid dienone is 1. The van der Waals surface area contributed by atoms with E-state index in [1.165, 1.54) is 13.0 Å². The van der Waals surface area contributed by atoms with Gasteiger partial charge in [0.25, 0.3) is 0 Å². The predicted octanol–water partition coefficient (Wildman–Crippen LogP) is 3.60. The summed E-state index contributed by atoms with van der Waals surface area (Å²) < 4.78 is 76.4. The molecule has 0 bridgehead atoms. The lowest BCUT2D eigenvalue weighted by molar-refractivity contribution is -0.136. The number of carbonyl (C=O) groups excluding carboxylic acids is 2. The number of methoxy groups -OCH3 is 1. The lowest BCUT2D eigenvalue weighted by atomic mass is 9.76. The number of Topliss-reactive ketones (excluding diaryl/α,β-unsaturated/α-hetero) is 1. The molecule has 0 radical (unpaired) electrons. The number of dihydropyridines is 1. The summed E-state index contributed by atoms with van der Waals surface area (Å²) in [4.78, 5) is 27.5. The van der Waals surface area contributed by atoms with E-state index in [1.807, 2.05) is 0 Å². The van der Waals surface area contributed by atoms with Crippen LogP contribution in [0.3, 0.4) is 0 Å². The zero-order valence-electron chi connectivity index (χ0n) is 19.2. The van der Waals surface area contributed by atoms with Gasteiger partial charge in [0, 0.05) is 35.6 Å². The van der Waals surface area contributed by atoms with Crippen molar-refractivity contribution in [2.45, 2.75) is 19.3 Å². The second-order valence-electron chi connectivity index (χ2n) is 8.48. The van der Waals surface area contributed by atoms with Gasteiger partial charge >= 0.3 is 5.97 Å². The topological polar surface area (TPSA) is 78.9 Å². The minimum absolute atomic E-state index is 0.0462. The summed E-state index contributed by atoms with van der Waals surface area (Å²) in [6, 6.07) is 6.66. The number of ketones is 1. The van der Waals surface area contributed by atoms with Crippen molar-refractivity contribution in [2.75, 3.05) is 26.7 Å². The van der Waals surface area contributed by atoms with Gasteiger partial charge in [-0.1, -0.05) is 18.2 Å². The molecule has 4 rings (SSSR count). The Morgan fingerprint density at radius 3 is 2.28 bits per heavy atom. The Labute approximate surface area is 202 Å². The van der Waals surface area contributed by atoms with Gasteiger partial charge in [0.2, 0.25) is 5.82 Å². The first kappa shape index (κ1) is 25.4. The normalized spacial score (nSPS) is 18.3. The van der Waals surface area contributed by atoms with Gasteiger partial charge in [-0.2, -0.15) is 0 Å². The first-order valence-electron chi connectivity index (χ1n) is 10.9. The number of rotatable bonds is 5. The van der Waals surface area contributed by atoms with Crippen LogP contribution in [0.5, 0.6) is 5.75 Å². The molecule has 0 amide bonds. The van der Waals surface area contributed by atoms with Crippen LogP contribution in [0.2, 0.25) is 0 Å². The summed E-state index contributed by atoms with van der Waals surface area (Å²) in [7, 11) is 0.992. The van der Waals surface area contributed by atoms with Crippen molar-refractivity contribution in [2.24, 2.45) is 0 Å². The molecule has 0 spiro atoms. The van der Waals surface area contributed by atoms with Crippen molar-refractivity contribution >= 4 is 11.8 Å². The number of hydrogen-bond donors (Lipinski definition) is 2. The quantitative estimate of drug-likeness (QED) is 0.278. The third-order valence-corrected chi connectivity index (χ3v) is 6.32. The summed E-state index contributed by atoms with van der Waals surface area (Å²) in [5, 5.41) is 12.9. The molecule has 0 saturated carbocycles. The molecule has 190 valence electrons. The highest BCUT2D eigenvalue weighted by Gasteiger charge is 2.44. The van der Waals surface area contributed by atoms with Crippen molar-refractivity contribution < 1.29 is 41.4 Å². The number of esters is 1. The summed E-state index contributed by atoms with van der Waals surface area (Å²) >= 11 is 0. The standard InChI is InChI=1S/C25H21F5N2O4/c1-11-16(25(35)36-2)18(19-20(26)22(28)24(30)23(29)21(19)27)17-13(31-11)9-32(10-15(17)34)8-7-12-5-3-4-6-14(12)33/h3-6,18,31,33H,7-10H2,1-2H3. The molecule has 2 aromatic carbocycles. The number of ether oxygens (including phenoxy) is 1. The van der Waals surface area contributed by atoms with Crippen LogP contribution in [0.15, 0.2) is 46.8 Å². The molecule has 0 fully saturated rings. The number of nitrogens with one attached hydrogen (secondary N) is 1. The lowest BCUT2D eigenvalue weighted by Gasteiger charge is -2.38. The Morgan fingerprint density at radius 1 is 1.06 bits per heavy atom. The fraction of sp³-hybridized carbons (Fsp3) is 0.280. The predicted molar refractivity (Wildman–Crippen MR) is 117 cm³/mol. The highest BCUT2D eigenvalue weighted by molar-refractivity contribution is 6.04. The molecule has 0 aromatic heterocycles. The fourth-order valence-electron chi connectivity index (χ4n) is 4.62. The summed E-state index contributed by atoms with van der Waals surface area (Å²) in [6.45, 7) is 1.52. The van der Waals surface area contributed by atoms with Crippen LogP contribution in [-0.4, -0.2) is 48.5 Å². The Bertz CT molecular complexity index is 1310. The average molecular weight is 508 g/mol. The molecule has 0 aliphatic carbocycles. The van der Waals surface area contributed by atoms with E-state index in [4.69, 9.17) is 4.74 Å². The highest BCUT2D eigenvalue weighted by atomic mass is 19.2. The molecule has 1 unspecified atom stereocenters. The van der Waals surface area contributed by atoms with Crippen molar-refractivity contribution in [3.05, 3.63) is 87.0 Å². The molecule has 36 heavy (non-hydrogen) atoms. The molecular formula is C25H21F5N2O4. The van der Waals surface area contributed by atoms with Gasteiger partial charge in [0.1, 0.15) is 5.75 Å². The van der Waals surface area contributed by atoms with Crippen LogP contribution in [0, 0.1) is 29.1 Å². The Kier molecular flexibility index (Phi) is 6.85. The van der Waals surface area contributed by atoms with Crippen LogP contribution in [0.4, 0.5) is 22.0 Å². The first-order chi connectivity index (χ1) is 17.1. The number of carbonyl (C=O) groups is 2. The van der Waals surface area contributed by atoms with Gasteiger partial charge in [-0.25, -0.2) is 26.7 Å². The molecule has 2 heterocycles. The maximum atomic E-state index is 14.9. The second kappa shape index (κ2) is 9.73. The van der Waals surface area contributed by atoms with Crippen LogP contribution >= 0.6 is 0 Å². The smallest absolute Gasteiger partial charge is 0.336 e. The molecular weight excluding hydrogens is 487 g/mol. The zero-order valence-corrected chi connectivity index (χ0v) is 19.2. The number of hydrogen-bond acceptors (Lipinski definition) is 6. The maximum absolute atomic E-state index is 14.9. The van der Waals surface area contributed by atoms with Gasteiger partial charge in [-0.15, -0.1) is 0 Å². The fourth-order valence-corrected chi connectivity index (χ4v) is 4.62. The number of phenols is 1. The number of benzene rings is 2. The van der Waals surface area contributed by atoms with Gasteiger partial charge in [-0.05, 0) is 25.0 Å². The molecule has 11 heteroatoms. The first-order valence-corrected chi connectivity index (χ1v) is 10.9. The van der Waals surface area contributed by atoms with Gasteiger partial charge in [0.05, 0.1) is 25.1 Å². The molecule has 2 aromatic rings. The third kappa shape index (κ3) is 4.23. The van der Waals surface area contributed by atoms with Gasteiger partial charge in [-0.3, -0.25) is 9.69 Å². The SMILES string of the molecule is COC(=O)C1=C(C)NC2=C(C(=O)CN(CCc3ccccc3O)C2)C1c1c(F)c(F)c(F)c(F)c1F. The van der Waals surface area contributed by atoms with E-state index < -0.39 is 57.9 Å². The van der Waals surface area contributed by atoms with Crippen LogP contribution < -0.4 is 5.32 Å². The lowest BCUT2D eigenvalue weighted by Crippen LogP contribution is -2.46. The maximum Gasteiger partial charge on any atom is 0.336 e. The molecule has 2 N–H and O–H groups in total. The minimum atomic E-state index is -2.34. The number of halogens is 5. The van der Waals surface area contributed by atoms with E-state index in [1.54, 1.807) is 23.1 Å². The van der Waals surface area contributed by atoms with Crippen molar-refractivity contribution in [3.63, 3.8) is 0 Å². The van der Waals surface area contributed by atoms with Crippen LogP contribution in [0.1, 0.15) is 24.0 Å². The van der Waals surface area contributed by atoms with E-state index in [-0.39, 0.29) is 35.8 Å². The van der Waals surface area contributed by atoms with E-state index in [0.29, 0.717) is 18.5 Å². The molecule has 1 atom stereocenters. The summed E-state index contributed by atoms with van der Waals surface area (Å²) in [6.07, 6.45) is 0.381. The number of nitrogens with zero attached hydrogens (tertiary/aromatic N) is 1. The molecule has 2 aliphatic heterocycles. The van der Waals surface area contributed by atoms with Crippen molar-refractivity contribution in [1.82, 2.24) is 10.2 Å². The Balaban J connectivity index is 1.79. The molecule has 0 saturated heterocycles. The highest BCUT2D eigenvalue weighted by Crippen LogP contribution is 2.43. The van der Waals surface area contributed by atoms with Crippen LogP contribution in [-0.2, 0) is 20.7 Å². The Morgan fingerprint density at radius 2 is 1.67 bits per heavy atom. The molecule has 6 nitrogen and oxygen atoms in total. The van der Waals surface area contributed by atoms with E-state index in [0.717, 1.165) is 7.11 Å². The van der Waals surface area contributed by atoms with Crippen LogP contribution in [0.25, 0.3) is 0 Å². The number of phenolic OH excluding ortho intramolecular Hbond substituents is 1. The monoisotopic (exact) mass is 508 g/mol. The Hall–Kier alpha value is -3.73.